The van der Waals surface area contributed by atoms with Gasteiger partial charge in [0.1, 0.15) is 5.82 Å². The number of carbonyl (C=O) groups is 1. The van der Waals surface area contributed by atoms with E-state index in [0.717, 1.165) is 12.1 Å². The molecule has 1 rings (SSSR count). The second-order valence-corrected chi connectivity index (χ2v) is 2.50. The number of carbonyl (C=O) groups excluding carboxylic acids is 1. The van der Waals surface area contributed by atoms with E-state index < -0.39 is 11.7 Å². The molecule has 0 aliphatic heterocycles. The van der Waals surface area contributed by atoms with Gasteiger partial charge in [0.05, 0.1) is 10.6 Å². The molecular weight excluding hydrogens is 218 g/mol. The van der Waals surface area contributed by atoms with Crippen LogP contribution in [0.3, 0.4) is 0 Å². The molecule has 13 heavy (non-hydrogen) atoms. The maximum absolute atomic E-state index is 12.5. The summed E-state index contributed by atoms with van der Waals surface area (Å²) in [6, 6.07) is 3.45. The lowest BCUT2D eigenvalue weighted by atomic mass is 10.2. The molecule has 0 saturated heterocycles. The molecule has 1 aromatic rings. The van der Waals surface area contributed by atoms with Gasteiger partial charge in [-0.2, -0.15) is 0 Å². The van der Waals surface area contributed by atoms with E-state index in [9.17, 15) is 9.18 Å². The fourth-order valence-corrected chi connectivity index (χ4v) is 1.00. The van der Waals surface area contributed by atoms with Crippen molar-refractivity contribution < 1.29 is 9.18 Å². The van der Waals surface area contributed by atoms with E-state index in [0.29, 0.717) is 0 Å². The zero-order valence-corrected chi connectivity index (χ0v) is 7.95. The van der Waals surface area contributed by atoms with E-state index >= 15 is 0 Å². The van der Waals surface area contributed by atoms with E-state index in [4.69, 9.17) is 17.4 Å². The van der Waals surface area contributed by atoms with Gasteiger partial charge in [-0.3, -0.25) is 10.2 Å². The van der Waals surface area contributed by atoms with Crippen LogP contribution in [0.15, 0.2) is 18.2 Å². The van der Waals surface area contributed by atoms with Gasteiger partial charge in [0, 0.05) is 0 Å². The Hall–Kier alpha value is -0.840. The molecule has 0 fully saturated rings. The average molecular weight is 225 g/mol. The van der Waals surface area contributed by atoms with Gasteiger partial charge in [-0.15, -0.1) is 12.4 Å². The summed E-state index contributed by atoms with van der Waals surface area (Å²) in [5.41, 5.74) is 2.05. The van der Waals surface area contributed by atoms with Crippen LogP contribution in [-0.4, -0.2) is 5.91 Å². The van der Waals surface area contributed by atoms with E-state index in [-0.39, 0.29) is 23.0 Å². The highest BCUT2D eigenvalue weighted by Gasteiger charge is 2.08. The maximum Gasteiger partial charge on any atom is 0.266 e. The molecule has 0 unspecified atom stereocenters. The minimum atomic E-state index is -0.542. The first-order chi connectivity index (χ1) is 5.65. The number of hydrogen-bond acceptors (Lipinski definition) is 2. The van der Waals surface area contributed by atoms with Crippen molar-refractivity contribution in [2.75, 3.05) is 0 Å². The number of nitrogen functional groups attached to an aromatic ring is 1. The molecule has 0 aromatic heterocycles. The fraction of sp³-hybridized carbons (Fsp3) is 0. The average Bonchev–Trinajstić information content (AvgIpc) is 2.03. The number of hydrazine groups is 1. The van der Waals surface area contributed by atoms with Crippen LogP contribution in [0, 0.1) is 5.82 Å². The Kier molecular flexibility index (Phi) is 4.69. The maximum atomic E-state index is 12.5. The van der Waals surface area contributed by atoms with Crippen molar-refractivity contribution in [1.82, 2.24) is 5.43 Å². The Bertz CT molecular complexity index is 319. The molecule has 0 aliphatic carbocycles. The highest BCUT2D eigenvalue weighted by atomic mass is 35.5. The number of hydrogen-bond donors (Lipinski definition) is 2. The van der Waals surface area contributed by atoms with Gasteiger partial charge in [0.2, 0.25) is 0 Å². The normalized spacial score (nSPS) is 8.85. The number of rotatable bonds is 1. The van der Waals surface area contributed by atoms with E-state index in [1.807, 2.05) is 5.43 Å². The largest absolute Gasteiger partial charge is 0.290 e. The molecule has 0 aliphatic rings. The predicted molar refractivity (Wildman–Crippen MR) is 50.3 cm³/mol. The fourth-order valence-electron chi connectivity index (χ4n) is 0.751. The van der Waals surface area contributed by atoms with Crippen LogP contribution in [0.25, 0.3) is 0 Å². The van der Waals surface area contributed by atoms with Crippen LogP contribution in [0.2, 0.25) is 5.02 Å². The van der Waals surface area contributed by atoms with E-state index in [1.54, 1.807) is 0 Å². The van der Waals surface area contributed by atoms with Crippen LogP contribution >= 0.6 is 24.0 Å². The first-order valence-electron chi connectivity index (χ1n) is 3.11. The summed E-state index contributed by atoms with van der Waals surface area (Å²) >= 11 is 5.55. The molecule has 0 spiro atoms. The summed E-state index contributed by atoms with van der Waals surface area (Å²) in [5.74, 6) is 3.83. The summed E-state index contributed by atoms with van der Waals surface area (Å²) in [6.45, 7) is 0. The highest BCUT2D eigenvalue weighted by Crippen LogP contribution is 2.16. The quantitative estimate of drug-likeness (QED) is 0.432. The monoisotopic (exact) mass is 224 g/mol. The topological polar surface area (TPSA) is 55.1 Å². The van der Waals surface area contributed by atoms with Gasteiger partial charge in [0.15, 0.2) is 0 Å². The Morgan fingerprint density at radius 1 is 1.54 bits per heavy atom. The lowest BCUT2D eigenvalue weighted by Gasteiger charge is -2.01. The number of nitrogens with one attached hydrogen (secondary N) is 1. The molecule has 3 nitrogen and oxygen atoms in total. The SMILES string of the molecule is Cl.NNC(=O)c1ccc(F)cc1Cl. The van der Waals surface area contributed by atoms with Gasteiger partial charge in [-0.25, -0.2) is 10.2 Å². The number of benzene rings is 1. The summed E-state index contributed by atoms with van der Waals surface area (Å²) in [6.07, 6.45) is 0. The van der Waals surface area contributed by atoms with Crippen molar-refractivity contribution in [1.29, 1.82) is 0 Å². The third-order valence-electron chi connectivity index (χ3n) is 1.31. The van der Waals surface area contributed by atoms with E-state index in [2.05, 4.69) is 0 Å². The second-order valence-electron chi connectivity index (χ2n) is 2.10. The molecule has 0 heterocycles. The second kappa shape index (κ2) is 5.01. The Morgan fingerprint density at radius 3 is 2.62 bits per heavy atom. The predicted octanol–water partition coefficient (Wildman–Crippen LogP) is 1.50. The standard InChI is InChI=1S/C7H6ClFN2O.ClH/c8-6-3-4(9)1-2-5(6)7(12)11-10;/h1-3H,10H2,(H,11,12);1H. The summed E-state index contributed by atoms with van der Waals surface area (Å²) < 4.78 is 12.5. The zero-order chi connectivity index (χ0) is 9.14. The van der Waals surface area contributed by atoms with E-state index in [1.165, 1.54) is 6.07 Å². The molecule has 6 heteroatoms. The van der Waals surface area contributed by atoms with Crippen molar-refractivity contribution in [3.8, 4) is 0 Å². The van der Waals surface area contributed by atoms with Gasteiger partial charge in [-0.05, 0) is 18.2 Å². The smallest absolute Gasteiger partial charge is 0.266 e. The van der Waals surface area contributed by atoms with Crippen molar-refractivity contribution in [2.24, 2.45) is 5.84 Å². The van der Waals surface area contributed by atoms with Crippen molar-refractivity contribution in [3.63, 3.8) is 0 Å². The first kappa shape index (κ1) is 12.2. The van der Waals surface area contributed by atoms with Gasteiger partial charge >= 0.3 is 0 Å². The number of nitrogens with two attached hydrogens (primary N) is 1. The number of amides is 1. The van der Waals surface area contributed by atoms with Crippen molar-refractivity contribution >= 4 is 29.9 Å². The summed E-state index contributed by atoms with van der Waals surface area (Å²) in [5, 5.41) is 0.0398. The van der Waals surface area contributed by atoms with Crippen LogP contribution in [0.4, 0.5) is 4.39 Å². The minimum absolute atomic E-state index is 0. The third-order valence-corrected chi connectivity index (χ3v) is 1.62. The van der Waals surface area contributed by atoms with Crippen LogP contribution in [-0.2, 0) is 0 Å². The lowest BCUT2D eigenvalue weighted by molar-refractivity contribution is 0.0954. The van der Waals surface area contributed by atoms with Gasteiger partial charge in [0.25, 0.3) is 5.91 Å². The van der Waals surface area contributed by atoms with Crippen molar-refractivity contribution in [2.45, 2.75) is 0 Å². The van der Waals surface area contributed by atoms with Gasteiger partial charge in [-0.1, -0.05) is 11.6 Å². The minimum Gasteiger partial charge on any atom is -0.290 e. The van der Waals surface area contributed by atoms with Gasteiger partial charge < -0.3 is 0 Å². The van der Waals surface area contributed by atoms with Crippen molar-refractivity contribution in [3.05, 3.63) is 34.6 Å². The molecule has 3 N–H and O–H groups in total. The lowest BCUT2D eigenvalue weighted by Crippen LogP contribution is -2.30. The molecule has 0 radical (unpaired) electrons. The molecule has 1 amide bonds. The zero-order valence-electron chi connectivity index (χ0n) is 6.38. The molecule has 0 atom stereocenters. The highest BCUT2D eigenvalue weighted by molar-refractivity contribution is 6.33. The van der Waals surface area contributed by atoms with Crippen LogP contribution in [0.1, 0.15) is 10.4 Å². The Balaban J connectivity index is 0.00000144. The molecule has 72 valence electrons. The Labute approximate surface area is 85.4 Å². The van der Waals surface area contributed by atoms with Crippen LogP contribution < -0.4 is 11.3 Å². The molecule has 0 bridgehead atoms. The summed E-state index contributed by atoms with van der Waals surface area (Å²) in [4.78, 5) is 10.9. The number of halogens is 3. The van der Waals surface area contributed by atoms with Crippen LogP contribution in [0.5, 0.6) is 0 Å². The molecule has 1 aromatic carbocycles. The first-order valence-corrected chi connectivity index (χ1v) is 3.49. The summed E-state index contributed by atoms with van der Waals surface area (Å²) in [7, 11) is 0. The third kappa shape index (κ3) is 2.84. The Morgan fingerprint density at radius 2 is 2.15 bits per heavy atom. The molecular formula is C7H7Cl2FN2O. The molecule has 0 saturated carbocycles.